The Morgan fingerprint density at radius 3 is 2.75 bits per heavy atom. The molecule has 0 fully saturated rings. The van der Waals surface area contributed by atoms with Crippen molar-refractivity contribution in [2.24, 2.45) is 5.73 Å². The van der Waals surface area contributed by atoms with E-state index in [1.807, 2.05) is 6.92 Å². The van der Waals surface area contributed by atoms with Crippen LogP contribution < -0.4 is 5.73 Å². The number of thioether (sulfide) groups is 1. The van der Waals surface area contributed by atoms with Gasteiger partial charge in [-0.3, -0.25) is 4.79 Å². The highest BCUT2D eigenvalue weighted by Crippen LogP contribution is 2.16. The third-order valence-electron chi connectivity index (χ3n) is 2.24. The molecular weight excluding hydrogens is 226 g/mol. The first-order chi connectivity index (χ1) is 7.44. The fraction of sp³-hybridized carbons (Fsp3) is 0.909. The third kappa shape index (κ3) is 6.35. The van der Waals surface area contributed by atoms with Crippen LogP contribution in [0.15, 0.2) is 0 Å². The lowest BCUT2D eigenvalue weighted by Crippen LogP contribution is -2.46. The summed E-state index contributed by atoms with van der Waals surface area (Å²) in [5.41, 5.74) is 4.97. The van der Waals surface area contributed by atoms with Crippen LogP contribution in [0.2, 0.25) is 0 Å². The van der Waals surface area contributed by atoms with Gasteiger partial charge in [0.15, 0.2) is 0 Å². The minimum Gasteiger partial charge on any atom is -0.465 e. The van der Waals surface area contributed by atoms with E-state index in [4.69, 9.17) is 15.6 Å². The Balaban J connectivity index is 3.77. The number of nitrogens with two attached hydrogens (primary N) is 1. The van der Waals surface area contributed by atoms with Gasteiger partial charge in [-0.15, -0.1) is 0 Å². The van der Waals surface area contributed by atoms with E-state index in [1.165, 1.54) is 0 Å². The van der Waals surface area contributed by atoms with Crippen LogP contribution in [-0.4, -0.2) is 40.8 Å². The molecule has 2 atom stereocenters. The second-order valence-electron chi connectivity index (χ2n) is 4.11. The van der Waals surface area contributed by atoms with Crippen LogP contribution in [0.3, 0.4) is 0 Å². The van der Waals surface area contributed by atoms with Crippen molar-refractivity contribution in [3.63, 3.8) is 0 Å². The highest BCUT2D eigenvalue weighted by molar-refractivity contribution is 7.99. The van der Waals surface area contributed by atoms with E-state index in [1.54, 1.807) is 25.6 Å². The van der Waals surface area contributed by atoms with Crippen LogP contribution in [-0.2, 0) is 9.53 Å². The van der Waals surface area contributed by atoms with Gasteiger partial charge in [0.25, 0.3) is 0 Å². The minimum absolute atomic E-state index is 0.183. The number of hydrogen-bond donors (Lipinski definition) is 2. The molecular formula is C11H23NO3S. The first kappa shape index (κ1) is 15.7. The maximum Gasteiger partial charge on any atom is 0.325 e. The maximum atomic E-state index is 11.5. The zero-order valence-corrected chi connectivity index (χ0v) is 11.2. The number of carbonyl (C=O) groups excluding carboxylic acids is 1. The van der Waals surface area contributed by atoms with Crippen molar-refractivity contribution >= 4 is 17.7 Å². The van der Waals surface area contributed by atoms with Crippen LogP contribution >= 0.6 is 11.8 Å². The summed E-state index contributed by atoms with van der Waals surface area (Å²) in [4.78, 5) is 11.5. The Morgan fingerprint density at radius 2 is 2.25 bits per heavy atom. The second-order valence-corrected chi connectivity index (χ2v) is 5.65. The summed E-state index contributed by atoms with van der Waals surface area (Å²) in [5.74, 6) is 0.559. The van der Waals surface area contributed by atoms with Gasteiger partial charge in [-0.2, -0.15) is 11.8 Å². The van der Waals surface area contributed by atoms with Crippen LogP contribution in [0.1, 0.15) is 33.6 Å². The molecule has 5 heteroatoms. The second kappa shape index (κ2) is 7.92. The van der Waals surface area contributed by atoms with E-state index < -0.39 is 5.54 Å². The summed E-state index contributed by atoms with van der Waals surface area (Å²) >= 11 is 1.68. The molecule has 16 heavy (non-hydrogen) atoms. The van der Waals surface area contributed by atoms with E-state index in [0.717, 1.165) is 12.2 Å². The number of hydrogen-bond acceptors (Lipinski definition) is 5. The molecule has 0 aliphatic heterocycles. The van der Waals surface area contributed by atoms with Crippen LogP contribution in [0, 0.1) is 0 Å². The summed E-state index contributed by atoms with van der Waals surface area (Å²) in [6.45, 7) is 5.99. The van der Waals surface area contributed by atoms with Gasteiger partial charge in [-0.25, -0.2) is 0 Å². The first-order valence-electron chi connectivity index (χ1n) is 5.62. The third-order valence-corrected chi connectivity index (χ3v) is 3.48. The van der Waals surface area contributed by atoms with Gasteiger partial charge in [0, 0.05) is 5.25 Å². The van der Waals surface area contributed by atoms with Crippen LogP contribution in [0.25, 0.3) is 0 Å². The zero-order chi connectivity index (χ0) is 12.6. The lowest BCUT2D eigenvalue weighted by atomic mass is 9.98. The number of carbonyl (C=O) groups is 1. The Kier molecular flexibility index (Phi) is 7.80. The molecule has 0 saturated heterocycles. The predicted molar refractivity (Wildman–Crippen MR) is 67.5 cm³/mol. The summed E-state index contributed by atoms with van der Waals surface area (Å²) in [6, 6.07) is 0. The van der Waals surface area contributed by atoms with E-state index in [9.17, 15) is 4.79 Å². The van der Waals surface area contributed by atoms with E-state index in [0.29, 0.717) is 13.0 Å². The smallest absolute Gasteiger partial charge is 0.325 e. The SMILES string of the molecule is CCOC(=O)C(C)(N)CCCSC(C)CO. The molecule has 0 aliphatic carbocycles. The molecule has 4 nitrogen and oxygen atoms in total. The quantitative estimate of drug-likeness (QED) is 0.499. The van der Waals surface area contributed by atoms with E-state index >= 15 is 0 Å². The summed E-state index contributed by atoms with van der Waals surface area (Å²) in [7, 11) is 0. The Morgan fingerprint density at radius 1 is 1.62 bits per heavy atom. The number of aliphatic hydroxyl groups excluding tert-OH is 1. The average Bonchev–Trinajstić information content (AvgIpc) is 2.24. The lowest BCUT2D eigenvalue weighted by Gasteiger charge is -2.22. The molecule has 3 N–H and O–H groups in total. The number of aliphatic hydroxyl groups is 1. The Labute approximate surface area is 102 Å². The van der Waals surface area contributed by atoms with E-state index in [2.05, 4.69) is 0 Å². The fourth-order valence-corrected chi connectivity index (χ4v) is 1.99. The zero-order valence-electron chi connectivity index (χ0n) is 10.4. The highest BCUT2D eigenvalue weighted by Gasteiger charge is 2.29. The van der Waals surface area contributed by atoms with Crippen molar-refractivity contribution in [1.29, 1.82) is 0 Å². The molecule has 0 spiro atoms. The summed E-state index contributed by atoms with van der Waals surface area (Å²) < 4.78 is 4.90. The largest absolute Gasteiger partial charge is 0.465 e. The Bertz CT molecular complexity index is 209. The molecule has 0 saturated carbocycles. The highest BCUT2D eigenvalue weighted by atomic mass is 32.2. The number of rotatable bonds is 8. The first-order valence-corrected chi connectivity index (χ1v) is 6.67. The van der Waals surface area contributed by atoms with Gasteiger partial charge in [-0.05, 0) is 32.4 Å². The monoisotopic (exact) mass is 249 g/mol. The van der Waals surface area contributed by atoms with Gasteiger partial charge in [0.1, 0.15) is 5.54 Å². The topological polar surface area (TPSA) is 72.5 Å². The minimum atomic E-state index is -0.890. The van der Waals surface area contributed by atoms with Crippen molar-refractivity contribution in [2.45, 2.75) is 44.4 Å². The van der Waals surface area contributed by atoms with Crippen molar-refractivity contribution in [2.75, 3.05) is 19.0 Å². The van der Waals surface area contributed by atoms with E-state index in [-0.39, 0.29) is 17.8 Å². The molecule has 0 heterocycles. The summed E-state index contributed by atoms with van der Waals surface area (Å²) in [6.07, 6.45) is 1.46. The number of ether oxygens (including phenoxy) is 1. The molecule has 0 bridgehead atoms. The average molecular weight is 249 g/mol. The van der Waals surface area contributed by atoms with Crippen molar-refractivity contribution in [1.82, 2.24) is 0 Å². The normalized spacial score (nSPS) is 16.6. The molecule has 0 aliphatic rings. The van der Waals surface area contributed by atoms with Gasteiger partial charge in [0.2, 0.25) is 0 Å². The standard InChI is InChI=1S/C11H23NO3S/c1-4-15-10(14)11(3,12)6-5-7-16-9(2)8-13/h9,13H,4-8,12H2,1-3H3. The van der Waals surface area contributed by atoms with Gasteiger partial charge < -0.3 is 15.6 Å². The molecule has 0 aromatic heterocycles. The van der Waals surface area contributed by atoms with Crippen molar-refractivity contribution in [3.8, 4) is 0 Å². The molecule has 0 amide bonds. The predicted octanol–water partition coefficient (Wildman–Crippen LogP) is 1.16. The van der Waals surface area contributed by atoms with Gasteiger partial charge in [0.05, 0.1) is 13.2 Å². The van der Waals surface area contributed by atoms with Gasteiger partial charge in [-0.1, -0.05) is 6.92 Å². The fourth-order valence-electron chi connectivity index (χ4n) is 1.17. The van der Waals surface area contributed by atoms with Crippen LogP contribution in [0.5, 0.6) is 0 Å². The number of esters is 1. The van der Waals surface area contributed by atoms with Crippen molar-refractivity contribution in [3.05, 3.63) is 0 Å². The molecule has 0 aromatic carbocycles. The van der Waals surface area contributed by atoms with Crippen molar-refractivity contribution < 1.29 is 14.6 Å². The summed E-state index contributed by atoms with van der Waals surface area (Å²) in [5, 5.41) is 9.07. The van der Waals surface area contributed by atoms with Crippen LogP contribution in [0.4, 0.5) is 0 Å². The lowest BCUT2D eigenvalue weighted by molar-refractivity contribution is -0.149. The molecule has 96 valence electrons. The molecule has 0 aromatic rings. The Hall–Kier alpha value is -0.260. The molecule has 0 radical (unpaired) electrons. The molecule has 0 rings (SSSR count). The van der Waals surface area contributed by atoms with Gasteiger partial charge >= 0.3 is 5.97 Å². The molecule has 2 unspecified atom stereocenters. The maximum absolute atomic E-state index is 11.5.